The van der Waals surface area contributed by atoms with Crippen LogP contribution in [0, 0.1) is 17.8 Å². The first kappa shape index (κ1) is 15.2. The molecule has 2 saturated carbocycles. The highest BCUT2D eigenvalue weighted by Gasteiger charge is 2.45. The van der Waals surface area contributed by atoms with E-state index in [2.05, 4.69) is 6.92 Å². The Hall–Kier alpha value is -0.220. The van der Waals surface area contributed by atoms with Gasteiger partial charge in [-0.1, -0.05) is 19.8 Å². The van der Waals surface area contributed by atoms with Gasteiger partial charge >= 0.3 is 0 Å². The van der Waals surface area contributed by atoms with Crippen molar-refractivity contribution < 1.29 is 18.6 Å². The number of halogens is 2. The zero-order chi connectivity index (χ0) is 14.0. The normalized spacial score (nSPS) is 45.9. The van der Waals surface area contributed by atoms with Crippen molar-refractivity contribution in [2.45, 2.75) is 70.0 Å². The summed E-state index contributed by atoms with van der Waals surface area (Å²) in [5, 5.41) is 10.4. The lowest BCUT2D eigenvalue weighted by molar-refractivity contribution is -0.0975. The minimum Gasteiger partial charge on any atom is -0.392 e. The van der Waals surface area contributed by atoms with Gasteiger partial charge in [0.05, 0.1) is 12.2 Å². The van der Waals surface area contributed by atoms with Gasteiger partial charge in [0.1, 0.15) is 6.17 Å². The summed E-state index contributed by atoms with van der Waals surface area (Å²) < 4.78 is 33.0. The number of aliphatic hydroxyl groups is 1. The summed E-state index contributed by atoms with van der Waals surface area (Å²) in [5.74, 6) is 0.285. The van der Waals surface area contributed by atoms with Gasteiger partial charge < -0.3 is 9.84 Å². The Labute approximate surface area is 114 Å². The fourth-order valence-electron chi connectivity index (χ4n) is 3.70. The molecular weight excluding hydrogens is 250 g/mol. The average molecular weight is 276 g/mol. The summed E-state index contributed by atoms with van der Waals surface area (Å²) in [7, 11) is 1.42. The molecule has 2 aliphatic rings. The van der Waals surface area contributed by atoms with Crippen LogP contribution < -0.4 is 0 Å². The Balaban J connectivity index is 1.94. The van der Waals surface area contributed by atoms with Crippen LogP contribution in [0.15, 0.2) is 0 Å². The summed E-state index contributed by atoms with van der Waals surface area (Å²) in [6.45, 7) is 2.21. The smallest absolute Gasteiger partial charge is 0.157 e. The molecule has 2 fully saturated rings. The lowest BCUT2D eigenvalue weighted by Crippen LogP contribution is -2.48. The summed E-state index contributed by atoms with van der Waals surface area (Å²) in [6, 6.07) is 0. The average Bonchev–Trinajstić information content (AvgIpc) is 2.42. The summed E-state index contributed by atoms with van der Waals surface area (Å²) in [5.41, 5.74) is 0. The molecule has 0 aromatic rings. The number of ether oxygens (including phenoxy) is 1. The van der Waals surface area contributed by atoms with Gasteiger partial charge in [0.15, 0.2) is 6.17 Å². The second-order valence-corrected chi connectivity index (χ2v) is 6.41. The van der Waals surface area contributed by atoms with Crippen molar-refractivity contribution in [3.05, 3.63) is 0 Å². The molecule has 0 radical (unpaired) electrons. The zero-order valence-corrected chi connectivity index (χ0v) is 11.9. The third-order valence-corrected chi connectivity index (χ3v) is 5.14. The largest absolute Gasteiger partial charge is 0.392 e. The molecule has 0 aliphatic heterocycles. The van der Waals surface area contributed by atoms with Gasteiger partial charge in [0.25, 0.3) is 0 Å². The van der Waals surface area contributed by atoms with Crippen LogP contribution in [0.3, 0.4) is 0 Å². The van der Waals surface area contributed by atoms with E-state index in [0.717, 1.165) is 25.7 Å². The molecule has 19 heavy (non-hydrogen) atoms. The van der Waals surface area contributed by atoms with Crippen LogP contribution in [0.5, 0.6) is 0 Å². The summed E-state index contributed by atoms with van der Waals surface area (Å²) >= 11 is 0. The van der Waals surface area contributed by atoms with Gasteiger partial charge in [0, 0.05) is 13.0 Å². The fourth-order valence-corrected chi connectivity index (χ4v) is 3.70. The minimum atomic E-state index is -1.60. The highest BCUT2D eigenvalue weighted by atomic mass is 19.2. The maximum absolute atomic E-state index is 14.1. The third-order valence-electron chi connectivity index (χ3n) is 5.14. The number of hydrogen-bond donors (Lipinski definition) is 1. The summed E-state index contributed by atoms with van der Waals surface area (Å²) in [4.78, 5) is 0. The Bertz CT molecular complexity index is 279. The zero-order valence-electron chi connectivity index (χ0n) is 11.9. The van der Waals surface area contributed by atoms with Crippen molar-refractivity contribution in [1.82, 2.24) is 0 Å². The number of methoxy groups -OCH3 is 1. The van der Waals surface area contributed by atoms with Crippen molar-refractivity contribution >= 4 is 0 Å². The van der Waals surface area contributed by atoms with E-state index in [0.29, 0.717) is 18.8 Å². The molecule has 2 aliphatic carbocycles. The van der Waals surface area contributed by atoms with E-state index in [1.165, 1.54) is 7.11 Å². The maximum atomic E-state index is 14.1. The number of alkyl halides is 2. The van der Waals surface area contributed by atoms with Gasteiger partial charge in [-0.3, -0.25) is 0 Å². The second-order valence-electron chi connectivity index (χ2n) is 6.41. The molecule has 0 aromatic heterocycles. The Morgan fingerprint density at radius 1 is 1.00 bits per heavy atom. The first-order chi connectivity index (χ1) is 9.04. The van der Waals surface area contributed by atoms with Gasteiger partial charge in [-0.15, -0.1) is 0 Å². The van der Waals surface area contributed by atoms with Crippen LogP contribution in [0.4, 0.5) is 8.78 Å². The molecule has 2 nitrogen and oxygen atoms in total. The topological polar surface area (TPSA) is 29.5 Å². The van der Waals surface area contributed by atoms with Crippen LogP contribution >= 0.6 is 0 Å². The molecule has 112 valence electrons. The van der Waals surface area contributed by atoms with Crippen molar-refractivity contribution in [2.24, 2.45) is 17.8 Å². The van der Waals surface area contributed by atoms with Crippen LogP contribution in [0.25, 0.3) is 0 Å². The molecule has 2 rings (SSSR count). The van der Waals surface area contributed by atoms with Crippen molar-refractivity contribution in [1.29, 1.82) is 0 Å². The van der Waals surface area contributed by atoms with Gasteiger partial charge in [-0.2, -0.15) is 0 Å². The van der Waals surface area contributed by atoms with Crippen LogP contribution in [-0.2, 0) is 4.74 Å². The van der Waals surface area contributed by atoms with E-state index < -0.39 is 30.5 Å². The van der Waals surface area contributed by atoms with Gasteiger partial charge in [0.2, 0.25) is 0 Å². The van der Waals surface area contributed by atoms with Crippen molar-refractivity contribution in [3.63, 3.8) is 0 Å². The molecular formula is C15H26F2O2. The molecule has 4 heteroatoms. The SMILES string of the molecule is COC1CCC(C(O)C2CCC(C)CC2)C(F)C1F. The molecule has 1 N–H and O–H groups in total. The van der Waals surface area contributed by atoms with Gasteiger partial charge in [-0.05, 0) is 37.5 Å². The molecule has 0 heterocycles. The number of hydrogen-bond acceptors (Lipinski definition) is 2. The molecule has 5 atom stereocenters. The first-order valence-corrected chi connectivity index (χ1v) is 7.53. The maximum Gasteiger partial charge on any atom is 0.157 e. The molecule has 0 spiro atoms. The first-order valence-electron chi connectivity index (χ1n) is 7.53. The van der Waals surface area contributed by atoms with E-state index in [1.807, 2.05) is 0 Å². The lowest BCUT2D eigenvalue weighted by atomic mass is 9.72. The van der Waals surface area contributed by atoms with Crippen molar-refractivity contribution in [3.8, 4) is 0 Å². The predicted molar refractivity (Wildman–Crippen MR) is 70.4 cm³/mol. The fraction of sp³-hybridized carbons (Fsp3) is 1.00. The van der Waals surface area contributed by atoms with E-state index >= 15 is 0 Å². The molecule has 0 saturated heterocycles. The quantitative estimate of drug-likeness (QED) is 0.857. The van der Waals surface area contributed by atoms with E-state index in [9.17, 15) is 13.9 Å². The third kappa shape index (κ3) is 3.27. The van der Waals surface area contributed by atoms with E-state index in [1.54, 1.807) is 0 Å². The molecule has 0 bridgehead atoms. The van der Waals surface area contributed by atoms with Crippen LogP contribution in [0.2, 0.25) is 0 Å². The molecule has 0 aromatic carbocycles. The van der Waals surface area contributed by atoms with Crippen molar-refractivity contribution in [2.75, 3.05) is 7.11 Å². The predicted octanol–water partition coefficient (Wildman–Crippen LogP) is 3.27. The highest BCUT2D eigenvalue weighted by Crippen LogP contribution is 2.39. The molecule has 0 amide bonds. The minimum absolute atomic E-state index is 0.144. The van der Waals surface area contributed by atoms with Crippen LogP contribution in [-0.4, -0.2) is 36.8 Å². The standard InChI is InChI=1S/C15H26F2O2/c1-9-3-5-10(6-4-9)15(18)11-7-8-12(19-2)14(17)13(11)16/h9-15,18H,3-8H2,1-2H3. The van der Waals surface area contributed by atoms with Gasteiger partial charge in [-0.25, -0.2) is 8.78 Å². The highest BCUT2D eigenvalue weighted by molar-refractivity contribution is 4.94. The summed E-state index contributed by atoms with van der Waals surface area (Å²) in [6.07, 6.45) is 0.552. The Kier molecular flexibility index (Phi) is 5.18. The number of aliphatic hydroxyl groups excluding tert-OH is 1. The molecule has 5 unspecified atom stereocenters. The van der Waals surface area contributed by atoms with Crippen LogP contribution in [0.1, 0.15) is 45.4 Å². The Morgan fingerprint density at radius 2 is 1.63 bits per heavy atom. The number of rotatable bonds is 3. The second kappa shape index (κ2) is 6.49. The van der Waals surface area contributed by atoms with E-state index in [4.69, 9.17) is 4.74 Å². The van der Waals surface area contributed by atoms with E-state index in [-0.39, 0.29) is 5.92 Å². The Morgan fingerprint density at radius 3 is 2.21 bits per heavy atom. The lowest BCUT2D eigenvalue weighted by Gasteiger charge is -2.40. The monoisotopic (exact) mass is 276 g/mol.